The third-order valence-electron chi connectivity index (χ3n) is 4.73. The fraction of sp³-hybridized carbons (Fsp3) is 0.391. The molecule has 0 saturated heterocycles. The van der Waals surface area contributed by atoms with Crippen molar-refractivity contribution in [2.45, 2.75) is 60.8 Å². The standard InChI is InChI=1S/C8H11N3O3S.C6H9N3O2S.C6H9N3O2.C3H6O2S/c1-4(12)15-7-6(10-3-11-7)2-5(9)8(13)14;7-3(6(10)11)1-4-5(12)9-2-8-4;7-5(6(10)11)1-4-2-8-3-9-4;4-3(5)1-2-6/h3,5H,2,9H2,1H3,(H,10,11)(H,13,14);2-3,12H,1,7H2,(H,8,9)(H,10,11);2-3,5H,1,7H2,(H,8,9)(H,10,11);6H,1-2H2,(H,4,5). The van der Waals surface area contributed by atoms with Gasteiger partial charge in [-0.2, -0.15) is 12.6 Å². The Labute approximate surface area is 265 Å². The number of nitrogens with two attached hydrogens (primary N) is 3. The molecule has 44 heavy (non-hydrogen) atoms. The highest BCUT2D eigenvalue weighted by Crippen LogP contribution is 2.20. The van der Waals surface area contributed by atoms with E-state index >= 15 is 0 Å². The first-order valence-corrected chi connectivity index (χ1v) is 14.1. The highest BCUT2D eigenvalue weighted by atomic mass is 32.2. The zero-order chi connectivity index (χ0) is 33.8. The molecule has 3 unspecified atom stereocenters. The van der Waals surface area contributed by atoms with E-state index in [0.29, 0.717) is 27.2 Å². The Kier molecular flexibility index (Phi) is 19.8. The van der Waals surface area contributed by atoms with Crippen LogP contribution in [0.1, 0.15) is 30.4 Å². The molecule has 244 valence electrons. The number of rotatable bonds is 12. The summed E-state index contributed by atoms with van der Waals surface area (Å²) in [6, 6.07) is -2.75. The molecule has 3 aromatic rings. The monoisotopic (exact) mass is 677 g/mol. The van der Waals surface area contributed by atoms with Gasteiger partial charge in [-0.3, -0.25) is 24.0 Å². The van der Waals surface area contributed by atoms with Gasteiger partial charge in [0.1, 0.15) is 28.2 Å². The Hall–Kier alpha value is -3.89. The summed E-state index contributed by atoms with van der Waals surface area (Å²) < 4.78 is 0. The van der Waals surface area contributed by atoms with Gasteiger partial charge in [-0.15, -0.1) is 12.6 Å². The summed E-state index contributed by atoms with van der Waals surface area (Å²) in [5, 5.41) is 34.3. The summed E-state index contributed by atoms with van der Waals surface area (Å²) in [7, 11) is 0. The van der Waals surface area contributed by atoms with Crippen LogP contribution in [0.4, 0.5) is 0 Å². The first kappa shape index (κ1) is 40.1. The number of thiol groups is 2. The number of H-pyrrole nitrogens is 3. The quantitative estimate of drug-likeness (QED) is 0.0841. The van der Waals surface area contributed by atoms with Gasteiger partial charge in [0, 0.05) is 43.8 Å². The highest BCUT2D eigenvalue weighted by Gasteiger charge is 2.17. The average molecular weight is 678 g/mol. The van der Waals surface area contributed by atoms with Crippen LogP contribution in [-0.4, -0.2) is 103 Å². The zero-order valence-corrected chi connectivity index (χ0v) is 25.9. The lowest BCUT2D eigenvalue weighted by Gasteiger charge is -2.05. The second-order valence-electron chi connectivity index (χ2n) is 8.38. The van der Waals surface area contributed by atoms with Crippen LogP contribution in [0.2, 0.25) is 0 Å². The van der Waals surface area contributed by atoms with Crippen LogP contribution in [0.15, 0.2) is 35.2 Å². The van der Waals surface area contributed by atoms with Crippen molar-refractivity contribution in [2.24, 2.45) is 17.2 Å². The summed E-state index contributed by atoms with van der Waals surface area (Å²) in [5.41, 5.74) is 17.9. The molecule has 0 aliphatic rings. The van der Waals surface area contributed by atoms with E-state index in [-0.39, 0.29) is 30.8 Å². The Morgan fingerprint density at radius 3 is 1.70 bits per heavy atom. The zero-order valence-electron chi connectivity index (χ0n) is 23.3. The van der Waals surface area contributed by atoms with Crippen molar-refractivity contribution in [1.29, 1.82) is 0 Å². The summed E-state index contributed by atoms with van der Waals surface area (Å²) in [4.78, 5) is 71.3. The van der Waals surface area contributed by atoms with Gasteiger partial charge in [0.15, 0.2) is 5.12 Å². The molecule has 0 aliphatic heterocycles. The summed E-state index contributed by atoms with van der Waals surface area (Å²) >= 11 is 8.64. The number of hydrogen-bond acceptors (Lipinski definition) is 14. The highest BCUT2D eigenvalue weighted by molar-refractivity contribution is 8.13. The number of aliphatic carboxylic acids is 4. The Morgan fingerprint density at radius 2 is 1.32 bits per heavy atom. The molecule has 0 fully saturated rings. The predicted octanol–water partition coefficient (Wildman–Crippen LogP) is -0.589. The van der Waals surface area contributed by atoms with Crippen molar-refractivity contribution in [3.63, 3.8) is 0 Å². The van der Waals surface area contributed by atoms with E-state index in [2.05, 4.69) is 55.2 Å². The molecule has 3 heterocycles. The van der Waals surface area contributed by atoms with E-state index in [1.54, 1.807) is 6.20 Å². The molecule has 0 saturated carbocycles. The molecule has 3 atom stereocenters. The van der Waals surface area contributed by atoms with Gasteiger partial charge >= 0.3 is 23.9 Å². The summed E-state index contributed by atoms with van der Waals surface area (Å²) in [5.74, 6) is -3.47. The number of nitrogens with zero attached hydrogens (tertiary/aromatic N) is 3. The third kappa shape index (κ3) is 17.9. The maximum absolute atomic E-state index is 10.8. The third-order valence-corrected chi connectivity index (χ3v) is 6.18. The molecule has 21 heteroatoms. The number of carbonyl (C=O) groups is 5. The van der Waals surface area contributed by atoms with Crippen LogP contribution in [0.25, 0.3) is 0 Å². The van der Waals surface area contributed by atoms with Crippen molar-refractivity contribution in [2.75, 3.05) is 5.75 Å². The van der Waals surface area contributed by atoms with Gasteiger partial charge in [0.25, 0.3) is 0 Å². The minimum Gasteiger partial charge on any atom is -0.481 e. The van der Waals surface area contributed by atoms with Crippen molar-refractivity contribution >= 4 is 66.0 Å². The van der Waals surface area contributed by atoms with Crippen molar-refractivity contribution in [3.8, 4) is 0 Å². The normalized spacial score (nSPS) is 12.0. The lowest BCUT2D eigenvalue weighted by atomic mass is 10.2. The number of thioether (sulfide) groups is 1. The molecular weight excluding hydrogens is 643 g/mol. The van der Waals surface area contributed by atoms with Gasteiger partial charge in [-0.1, -0.05) is 0 Å². The summed E-state index contributed by atoms with van der Waals surface area (Å²) in [6.07, 6.45) is 6.70. The second-order valence-corrected chi connectivity index (χ2v) is 10.4. The van der Waals surface area contributed by atoms with E-state index in [9.17, 15) is 24.0 Å². The molecule has 0 spiro atoms. The lowest BCUT2D eigenvalue weighted by molar-refractivity contribution is -0.139. The second kappa shape index (κ2) is 21.7. The number of carboxylic acid groups (broad SMARTS) is 4. The first-order chi connectivity index (χ1) is 20.6. The van der Waals surface area contributed by atoms with E-state index in [1.165, 1.54) is 25.9 Å². The van der Waals surface area contributed by atoms with Crippen molar-refractivity contribution in [3.05, 3.63) is 42.3 Å². The van der Waals surface area contributed by atoms with Crippen LogP contribution in [0.3, 0.4) is 0 Å². The minimum atomic E-state index is -1.08. The topological polar surface area (TPSA) is 330 Å². The molecule has 3 aromatic heterocycles. The van der Waals surface area contributed by atoms with Crippen molar-refractivity contribution < 1.29 is 44.4 Å². The molecule has 18 nitrogen and oxygen atoms in total. The Balaban J connectivity index is 0.000000584. The van der Waals surface area contributed by atoms with Gasteiger partial charge < -0.3 is 52.6 Å². The fourth-order valence-electron chi connectivity index (χ4n) is 2.57. The number of carbonyl (C=O) groups excluding carboxylic acids is 1. The molecule has 13 N–H and O–H groups in total. The Bertz CT molecular complexity index is 1320. The van der Waals surface area contributed by atoms with E-state index in [4.69, 9.17) is 37.6 Å². The van der Waals surface area contributed by atoms with E-state index in [0.717, 1.165) is 17.5 Å². The largest absolute Gasteiger partial charge is 0.481 e. The van der Waals surface area contributed by atoms with Gasteiger partial charge in [0.2, 0.25) is 0 Å². The molecule has 0 bridgehead atoms. The maximum Gasteiger partial charge on any atom is 0.320 e. The number of aromatic amines is 3. The maximum atomic E-state index is 10.8. The first-order valence-electron chi connectivity index (χ1n) is 12.3. The van der Waals surface area contributed by atoms with Crippen LogP contribution in [0.5, 0.6) is 0 Å². The van der Waals surface area contributed by atoms with Crippen LogP contribution >= 0.6 is 37.0 Å². The number of imidazole rings is 3. The van der Waals surface area contributed by atoms with Crippen molar-refractivity contribution in [1.82, 2.24) is 29.9 Å². The molecule has 0 amide bonds. The van der Waals surface area contributed by atoms with Gasteiger partial charge in [-0.25, -0.2) is 15.0 Å². The van der Waals surface area contributed by atoms with E-state index in [1.807, 2.05) is 0 Å². The fourth-order valence-corrected chi connectivity index (χ4v) is 3.62. The number of nitrogens with one attached hydrogen (secondary N) is 3. The van der Waals surface area contributed by atoms with Crippen LogP contribution in [0, 0.1) is 0 Å². The SMILES string of the molecule is CC(=O)Sc1nc[nH]c1CC(N)C(=O)O.NC(Cc1[nH]cnc1S)C(=O)O.NC(Cc1cnc[nH]1)C(=O)O.O=C(O)CCS. The predicted molar refractivity (Wildman–Crippen MR) is 164 cm³/mol. The van der Waals surface area contributed by atoms with Crippen LogP contribution in [-0.2, 0) is 43.2 Å². The number of carboxylic acids is 4. The lowest BCUT2D eigenvalue weighted by Crippen LogP contribution is -2.32. The summed E-state index contributed by atoms with van der Waals surface area (Å²) in [6.45, 7) is 1.42. The molecule has 3 rings (SSSR count). The van der Waals surface area contributed by atoms with Gasteiger partial charge in [-0.05, 0) is 11.8 Å². The van der Waals surface area contributed by atoms with E-state index < -0.39 is 42.0 Å². The average Bonchev–Trinajstić information content (AvgIpc) is 3.69. The molecule has 0 aliphatic carbocycles. The number of aromatic nitrogens is 6. The smallest absolute Gasteiger partial charge is 0.320 e. The molecular formula is C23H35N9O9S3. The molecule has 0 aromatic carbocycles. The number of hydrogen-bond donors (Lipinski definition) is 12. The Morgan fingerprint density at radius 1 is 0.818 bits per heavy atom. The van der Waals surface area contributed by atoms with Crippen LogP contribution < -0.4 is 17.2 Å². The molecule has 0 radical (unpaired) electrons. The minimum absolute atomic E-state index is 0.104. The van der Waals surface area contributed by atoms with Gasteiger partial charge in [0.05, 0.1) is 36.8 Å².